The maximum atomic E-state index is 12.7. The number of allylic oxidation sites excluding steroid dienone is 26. The first-order valence-electron chi connectivity index (χ1n) is 29.0. The van der Waals surface area contributed by atoms with Crippen LogP contribution < -0.4 is 5.73 Å². The van der Waals surface area contributed by atoms with Gasteiger partial charge in [-0.25, -0.2) is 4.57 Å². The topological polar surface area (TPSA) is 134 Å². The lowest BCUT2D eigenvalue weighted by atomic mass is 10.1. The Hall–Kier alpha value is -4.37. The van der Waals surface area contributed by atoms with Gasteiger partial charge in [-0.2, -0.15) is 0 Å². The third-order valence-electron chi connectivity index (χ3n) is 11.4. The highest BCUT2D eigenvalue weighted by atomic mass is 31.2. The molecule has 2 unspecified atom stereocenters. The zero-order valence-corrected chi connectivity index (χ0v) is 47.9. The van der Waals surface area contributed by atoms with E-state index in [1.165, 1.54) is 38.5 Å². The number of esters is 2. The number of phosphoric acid groups is 1. The summed E-state index contributed by atoms with van der Waals surface area (Å²) < 4.78 is 33.0. The van der Waals surface area contributed by atoms with Gasteiger partial charge in [0, 0.05) is 19.4 Å². The Morgan fingerprint density at radius 3 is 1.04 bits per heavy atom. The molecule has 0 aliphatic heterocycles. The molecule has 0 bridgehead atoms. The number of carbonyl (C=O) groups is 2. The van der Waals surface area contributed by atoms with Crippen LogP contribution in [0.2, 0.25) is 0 Å². The summed E-state index contributed by atoms with van der Waals surface area (Å²) in [5.41, 5.74) is 5.38. The second kappa shape index (κ2) is 58.9. The van der Waals surface area contributed by atoms with Crippen LogP contribution in [0.5, 0.6) is 0 Å². The van der Waals surface area contributed by atoms with Crippen LogP contribution in [0.15, 0.2) is 158 Å². The zero-order valence-electron chi connectivity index (χ0n) is 47.0. The maximum Gasteiger partial charge on any atom is 0.472 e. The van der Waals surface area contributed by atoms with E-state index in [0.29, 0.717) is 12.8 Å². The van der Waals surface area contributed by atoms with Crippen molar-refractivity contribution in [2.45, 2.75) is 213 Å². The number of ether oxygens (including phenoxy) is 2. The molecular formula is C65H104NO8P. The smallest absolute Gasteiger partial charge is 0.462 e. The van der Waals surface area contributed by atoms with E-state index in [9.17, 15) is 19.0 Å². The summed E-state index contributed by atoms with van der Waals surface area (Å²) in [5.74, 6) is -0.884. The Kier molecular flexibility index (Phi) is 55.5. The molecule has 0 spiro atoms. The molecule has 422 valence electrons. The number of carbonyl (C=O) groups excluding carboxylic acids is 2. The van der Waals surface area contributed by atoms with Gasteiger partial charge in [0.25, 0.3) is 0 Å². The predicted octanol–water partition coefficient (Wildman–Crippen LogP) is 18.5. The molecule has 0 heterocycles. The van der Waals surface area contributed by atoms with Crippen LogP contribution in [0.1, 0.15) is 206 Å². The van der Waals surface area contributed by atoms with Gasteiger partial charge in [-0.15, -0.1) is 0 Å². The molecular weight excluding hydrogens is 954 g/mol. The van der Waals surface area contributed by atoms with E-state index < -0.39 is 32.5 Å². The highest BCUT2D eigenvalue weighted by molar-refractivity contribution is 7.47. The van der Waals surface area contributed by atoms with E-state index in [0.717, 1.165) is 128 Å². The van der Waals surface area contributed by atoms with Crippen LogP contribution in [0, 0.1) is 0 Å². The van der Waals surface area contributed by atoms with Crippen molar-refractivity contribution in [3.05, 3.63) is 158 Å². The number of hydrogen-bond donors (Lipinski definition) is 2. The van der Waals surface area contributed by atoms with Gasteiger partial charge < -0.3 is 20.1 Å². The fourth-order valence-corrected chi connectivity index (χ4v) is 7.97. The Bertz CT molecular complexity index is 1780. The molecule has 3 N–H and O–H groups in total. The van der Waals surface area contributed by atoms with Gasteiger partial charge >= 0.3 is 19.8 Å². The summed E-state index contributed by atoms with van der Waals surface area (Å²) in [7, 11) is -4.41. The highest BCUT2D eigenvalue weighted by Gasteiger charge is 2.26. The summed E-state index contributed by atoms with van der Waals surface area (Å²) in [6, 6.07) is 0. The molecule has 75 heavy (non-hydrogen) atoms. The Balaban J connectivity index is 4.11. The van der Waals surface area contributed by atoms with Gasteiger partial charge in [0.15, 0.2) is 6.10 Å². The van der Waals surface area contributed by atoms with Gasteiger partial charge in [0.1, 0.15) is 6.61 Å². The lowest BCUT2D eigenvalue weighted by molar-refractivity contribution is -0.161. The number of nitrogens with two attached hydrogens (primary N) is 1. The third kappa shape index (κ3) is 58.7. The highest BCUT2D eigenvalue weighted by Crippen LogP contribution is 2.43. The number of rotatable bonds is 52. The monoisotopic (exact) mass is 1060 g/mol. The number of hydrogen-bond acceptors (Lipinski definition) is 8. The van der Waals surface area contributed by atoms with E-state index in [4.69, 9.17) is 24.3 Å². The second-order valence-electron chi connectivity index (χ2n) is 18.4. The first-order valence-corrected chi connectivity index (χ1v) is 30.5. The van der Waals surface area contributed by atoms with Crippen molar-refractivity contribution in [3.8, 4) is 0 Å². The molecule has 0 saturated heterocycles. The van der Waals surface area contributed by atoms with Crippen molar-refractivity contribution in [3.63, 3.8) is 0 Å². The van der Waals surface area contributed by atoms with Crippen LogP contribution in [0.4, 0.5) is 0 Å². The molecule has 0 aliphatic rings. The van der Waals surface area contributed by atoms with Gasteiger partial charge in [-0.05, 0) is 122 Å². The van der Waals surface area contributed by atoms with Crippen LogP contribution in [-0.2, 0) is 32.7 Å². The van der Waals surface area contributed by atoms with Gasteiger partial charge in [0.05, 0.1) is 13.2 Å². The fraction of sp³-hybridized carbons (Fsp3) is 0.569. The maximum absolute atomic E-state index is 12.7. The molecule has 2 atom stereocenters. The molecule has 0 aromatic heterocycles. The van der Waals surface area contributed by atoms with E-state index >= 15 is 0 Å². The summed E-state index contributed by atoms with van der Waals surface area (Å²) in [5, 5.41) is 0. The van der Waals surface area contributed by atoms with Gasteiger partial charge in [0.2, 0.25) is 0 Å². The third-order valence-corrected chi connectivity index (χ3v) is 12.4. The van der Waals surface area contributed by atoms with Crippen molar-refractivity contribution in [1.82, 2.24) is 0 Å². The molecule has 10 heteroatoms. The summed E-state index contributed by atoms with van der Waals surface area (Å²) >= 11 is 0. The van der Waals surface area contributed by atoms with Gasteiger partial charge in [-0.3, -0.25) is 18.6 Å². The average Bonchev–Trinajstić information content (AvgIpc) is 3.40. The van der Waals surface area contributed by atoms with E-state index in [-0.39, 0.29) is 32.6 Å². The summed E-state index contributed by atoms with van der Waals surface area (Å²) in [6.45, 7) is 3.45. The molecule has 0 fully saturated rings. The van der Waals surface area contributed by atoms with Crippen molar-refractivity contribution in [2.24, 2.45) is 5.73 Å². The molecule has 9 nitrogen and oxygen atoms in total. The minimum Gasteiger partial charge on any atom is -0.462 e. The minimum atomic E-state index is -4.41. The van der Waals surface area contributed by atoms with Crippen LogP contribution >= 0.6 is 7.82 Å². The predicted molar refractivity (Wildman–Crippen MR) is 320 cm³/mol. The average molecular weight is 1060 g/mol. The van der Waals surface area contributed by atoms with E-state index in [2.05, 4.69) is 172 Å². The Morgan fingerprint density at radius 2 is 0.693 bits per heavy atom. The molecule has 0 aromatic carbocycles. The minimum absolute atomic E-state index is 0.0377. The molecule has 0 radical (unpaired) electrons. The van der Waals surface area contributed by atoms with E-state index in [1.807, 2.05) is 0 Å². The van der Waals surface area contributed by atoms with Crippen LogP contribution in [0.25, 0.3) is 0 Å². The molecule has 0 saturated carbocycles. The first-order chi connectivity index (χ1) is 36.8. The SMILES string of the molecule is CC/C=C\C/C=C\C/C=C\C/C=C\C/C=C\C/C=C\C/C=C\CCCCCC(=O)OC(COC(=O)CCCCCCCCCCCC/C=C\C/C=C\C/C=C\C/C=C\C/C=C\C/C=C\CC)COP(=O)(O)OCCN. The molecule has 0 aromatic rings. The van der Waals surface area contributed by atoms with Crippen molar-refractivity contribution in [2.75, 3.05) is 26.4 Å². The first kappa shape index (κ1) is 70.6. The van der Waals surface area contributed by atoms with Crippen molar-refractivity contribution < 1.29 is 37.6 Å². The summed E-state index contributed by atoms with van der Waals surface area (Å²) in [4.78, 5) is 35.2. The second-order valence-corrected chi connectivity index (χ2v) is 19.8. The molecule has 0 amide bonds. The van der Waals surface area contributed by atoms with Crippen molar-refractivity contribution in [1.29, 1.82) is 0 Å². The zero-order chi connectivity index (χ0) is 54.5. The fourth-order valence-electron chi connectivity index (χ4n) is 7.21. The quantitative estimate of drug-likeness (QED) is 0.0264. The molecule has 0 aliphatic carbocycles. The molecule has 0 rings (SSSR count). The van der Waals surface area contributed by atoms with E-state index in [1.54, 1.807) is 0 Å². The largest absolute Gasteiger partial charge is 0.472 e. The standard InChI is InChI=1S/C65H104NO8P/c1-3-5-7-9-11-13-15-17-19-21-23-25-27-29-30-31-32-34-35-37-39-41-43-45-47-49-51-53-55-57-64(67)71-61-63(62-73-75(69,70)72-60-59-66)74-65(68)58-56-54-52-50-48-46-44-42-40-38-36-33-28-26-24-22-20-18-16-14-12-10-8-6-4-2/h5-8,11-14,17-20,23-26,29-30,32-34,36,40,42,46,48,63H,3-4,9-10,15-16,21-22,27-28,31,35,37-39,41,43-45,47,49-62,66H2,1-2H3,(H,69,70)/b7-5-,8-6-,13-11-,14-12-,19-17-,20-18-,25-23-,26-24-,30-29-,34-32-,36-33-,42-40-,48-46-. The summed E-state index contributed by atoms with van der Waals surface area (Å²) in [6.07, 6.45) is 85.7. The number of unbranched alkanes of at least 4 members (excludes halogenated alkanes) is 13. The van der Waals surface area contributed by atoms with Crippen molar-refractivity contribution >= 4 is 19.8 Å². The number of phosphoric ester groups is 1. The Morgan fingerprint density at radius 1 is 0.400 bits per heavy atom. The normalized spacial score (nSPS) is 14.2. The van der Waals surface area contributed by atoms with Gasteiger partial charge in [-0.1, -0.05) is 230 Å². The Labute approximate surface area is 458 Å². The lowest BCUT2D eigenvalue weighted by Gasteiger charge is -2.19. The lowest BCUT2D eigenvalue weighted by Crippen LogP contribution is -2.29. The van der Waals surface area contributed by atoms with Crippen LogP contribution in [-0.4, -0.2) is 49.3 Å². The van der Waals surface area contributed by atoms with Crippen LogP contribution in [0.3, 0.4) is 0 Å².